The first-order chi connectivity index (χ1) is 8.40. The number of hydrogen-bond donors (Lipinski definition) is 2. The molecule has 1 aromatic carbocycles. The van der Waals surface area contributed by atoms with Gasteiger partial charge in [0.2, 0.25) is 5.91 Å². The quantitative estimate of drug-likeness (QED) is 0.864. The summed E-state index contributed by atoms with van der Waals surface area (Å²) in [6.07, 6.45) is 0. The molecule has 0 fully saturated rings. The Morgan fingerprint density at radius 3 is 2.56 bits per heavy atom. The smallest absolute Gasteiger partial charge is 0.313 e. The Hall–Kier alpha value is -1.15. The molecule has 0 atom stereocenters. The van der Waals surface area contributed by atoms with Gasteiger partial charge in [-0.1, -0.05) is 0 Å². The number of carboxylic acid groups (broad SMARTS) is 1. The fourth-order valence-corrected chi connectivity index (χ4v) is 2.11. The molecular weight excluding hydrogens is 332 g/mol. The van der Waals surface area contributed by atoms with Gasteiger partial charge < -0.3 is 10.4 Å². The molecule has 0 radical (unpaired) electrons. The third kappa shape index (κ3) is 4.61. The summed E-state index contributed by atoms with van der Waals surface area (Å²) in [5.41, 5.74) is -0.169. The van der Waals surface area contributed by atoms with Crippen molar-refractivity contribution in [3.63, 3.8) is 0 Å². The highest BCUT2D eigenvalue weighted by molar-refractivity contribution is 9.10. The number of benzene rings is 1. The predicted molar refractivity (Wildman–Crippen MR) is 67.6 cm³/mol. The number of halogens is 3. The van der Waals surface area contributed by atoms with E-state index in [1.807, 2.05) is 0 Å². The first-order valence-corrected chi connectivity index (χ1v) is 6.59. The van der Waals surface area contributed by atoms with Crippen LogP contribution in [-0.4, -0.2) is 28.5 Å². The molecule has 0 bridgehead atoms. The van der Waals surface area contributed by atoms with Crippen molar-refractivity contribution in [3.05, 3.63) is 28.2 Å². The molecule has 1 amide bonds. The lowest BCUT2D eigenvalue weighted by Crippen LogP contribution is -2.16. The minimum Gasteiger partial charge on any atom is -0.481 e. The third-order valence-corrected chi connectivity index (χ3v) is 3.27. The van der Waals surface area contributed by atoms with Crippen LogP contribution in [0.4, 0.5) is 14.5 Å². The summed E-state index contributed by atoms with van der Waals surface area (Å²) in [6.45, 7) is 0. The standard InChI is InChI=1S/C10H8BrF2NO3S/c11-6-1-5(12)2-7(13)10(6)14-8(15)3-18-4-9(16)17/h1-2H,3-4H2,(H,14,15)(H,16,17). The molecule has 1 rings (SSSR count). The van der Waals surface area contributed by atoms with Crippen LogP contribution in [-0.2, 0) is 9.59 Å². The molecule has 0 aliphatic rings. The maximum atomic E-state index is 13.3. The van der Waals surface area contributed by atoms with Gasteiger partial charge in [0, 0.05) is 10.5 Å². The highest BCUT2D eigenvalue weighted by Crippen LogP contribution is 2.26. The van der Waals surface area contributed by atoms with Gasteiger partial charge in [-0.3, -0.25) is 9.59 Å². The van der Waals surface area contributed by atoms with Crippen LogP contribution in [0.1, 0.15) is 0 Å². The number of hydrogen-bond acceptors (Lipinski definition) is 3. The Morgan fingerprint density at radius 1 is 1.33 bits per heavy atom. The molecular formula is C10H8BrF2NO3S. The number of aliphatic carboxylic acids is 1. The van der Waals surface area contributed by atoms with E-state index in [-0.39, 0.29) is 21.7 Å². The minimum absolute atomic E-state index is 0.0802. The van der Waals surface area contributed by atoms with Crippen molar-refractivity contribution in [2.45, 2.75) is 0 Å². The average molecular weight is 340 g/mol. The number of thioether (sulfide) groups is 1. The van der Waals surface area contributed by atoms with Gasteiger partial charge in [-0.05, 0) is 22.0 Å². The topological polar surface area (TPSA) is 66.4 Å². The lowest BCUT2D eigenvalue weighted by molar-refractivity contribution is -0.133. The minimum atomic E-state index is -1.04. The van der Waals surface area contributed by atoms with Gasteiger partial charge in [0.05, 0.1) is 17.2 Å². The molecule has 98 valence electrons. The van der Waals surface area contributed by atoms with Gasteiger partial charge in [0.25, 0.3) is 0 Å². The molecule has 0 aliphatic carbocycles. The summed E-state index contributed by atoms with van der Waals surface area (Å²) >= 11 is 3.80. The average Bonchev–Trinajstić information content (AvgIpc) is 2.22. The second-order valence-corrected chi connectivity index (χ2v) is 5.02. The Balaban J connectivity index is 2.62. The molecule has 0 saturated carbocycles. The van der Waals surface area contributed by atoms with Crippen LogP contribution in [0.25, 0.3) is 0 Å². The molecule has 4 nitrogen and oxygen atoms in total. The molecule has 1 aromatic rings. The van der Waals surface area contributed by atoms with E-state index in [1.165, 1.54) is 0 Å². The maximum Gasteiger partial charge on any atom is 0.313 e. The molecule has 8 heteroatoms. The van der Waals surface area contributed by atoms with E-state index >= 15 is 0 Å². The first kappa shape index (κ1) is 14.9. The van der Waals surface area contributed by atoms with Crippen LogP contribution in [0.3, 0.4) is 0 Å². The summed E-state index contributed by atoms with van der Waals surface area (Å²) in [4.78, 5) is 21.6. The Labute approximate surface area is 114 Å². The summed E-state index contributed by atoms with van der Waals surface area (Å²) in [5.74, 6) is -3.62. The first-order valence-electron chi connectivity index (χ1n) is 4.64. The van der Waals surface area contributed by atoms with E-state index in [0.717, 1.165) is 17.8 Å². The molecule has 2 N–H and O–H groups in total. The molecule has 0 spiro atoms. The molecule has 0 heterocycles. The Kier molecular flexibility index (Phi) is 5.54. The number of carbonyl (C=O) groups is 2. The van der Waals surface area contributed by atoms with E-state index in [9.17, 15) is 18.4 Å². The van der Waals surface area contributed by atoms with E-state index in [0.29, 0.717) is 6.07 Å². The highest BCUT2D eigenvalue weighted by Gasteiger charge is 2.13. The number of rotatable bonds is 5. The third-order valence-electron chi connectivity index (χ3n) is 1.73. The molecule has 0 aliphatic heterocycles. The summed E-state index contributed by atoms with van der Waals surface area (Å²) in [7, 11) is 0. The molecule has 0 aromatic heterocycles. The fourth-order valence-electron chi connectivity index (χ4n) is 1.07. The van der Waals surface area contributed by atoms with Crippen molar-refractivity contribution in [1.29, 1.82) is 0 Å². The van der Waals surface area contributed by atoms with Gasteiger partial charge in [-0.25, -0.2) is 8.78 Å². The maximum absolute atomic E-state index is 13.3. The van der Waals surface area contributed by atoms with E-state index in [2.05, 4.69) is 21.2 Å². The van der Waals surface area contributed by atoms with Crippen molar-refractivity contribution in [2.24, 2.45) is 0 Å². The van der Waals surface area contributed by atoms with Crippen LogP contribution in [0.2, 0.25) is 0 Å². The van der Waals surface area contributed by atoms with Gasteiger partial charge in [-0.2, -0.15) is 0 Å². The van der Waals surface area contributed by atoms with Gasteiger partial charge in [0.15, 0.2) is 5.82 Å². The second-order valence-electron chi connectivity index (χ2n) is 3.18. The van der Waals surface area contributed by atoms with Crippen molar-refractivity contribution in [3.8, 4) is 0 Å². The van der Waals surface area contributed by atoms with Crippen LogP contribution in [0.5, 0.6) is 0 Å². The van der Waals surface area contributed by atoms with Crippen LogP contribution in [0, 0.1) is 11.6 Å². The number of amides is 1. The van der Waals surface area contributed by atoms with Crippen molar-refractivity contribution < 1.29 is 23.5 Å². The van der Waals surface area contributed by atoms with E-state index < -0.39 is 23.5 Å². The SMILES string of the molecule is O=C(O)CSCC(=O)Nc1c(F)cc(F)cc1Br. The highest BCUT2D eigenvalue weighted by atomic mass is 79.9. The van der Waals surface area contributed by atoms with Crippen LogP contribution < -0.4 is 5.32 Å². The predicted octanol–water partition coefficient (Wildman–Crippen LogP) is 2.48. The normalized spacial score (nSPS) is 10.2. The van der Waals surface area contributed by atoms with Gasteiger partial charge in [-0.15, -0.1) is 11.8 Å². The molecule has 0 unspecified atom stereocenters. The number of nitrogens with one attached hydrogen (secondary N) is 1. The monoisotopic (exact) mass is 339 g/mol. The summed E-state index contributed by atoms with van der Waals surface area (Å²) < 4.78 is 26.2. The largest absolute Gasteiger partial charge is 0.481 e. The van der Waals surface area contributed by atoms with Crippen molar-refractivity contribution >= 4 is 45.3 Å². The van der Waals surface area contributed by atoms with E-state index in [1.54, 1.807) is 0 Å². The van der Waals surface area contributed by atoms with Crippen molar-refractivity contribution in [1.82, 2.24) is 0 Å². The zero-order chi connectivity index (χ0) is 13.7. The van der Waals surface area contributed by atoms with Gasteiger partial charge >= 0.3 is 5.97 Å². The van der Waals surface area contributed by atoms with Gasteiger partial charge in [0.1, 0.15) is 5.82 Å². The number of carbonyl (C=O) groups excluding carboxylic acids is 1. The second kappa shape index (κ2) is 6.69. The zero-order valence-electron chi connectivity index (χ0n) is 8.87. The van der Waals surface area contributed by atoms with Crippen LogP contribution >= 0.6 is 27.7 Å². The fraction of sp³-hybridized carbons (Fsp3) is 0.200. The molecule has 0 saturated heterocycles. The van der Waals surface area contributed by atoms with E-state index in [4.69, 9.17) is 5.11 Å². The Bertz CT molecular complexity index is 461. The zero-order valence-corrected chi connectivity index (χ0v) is 11.3. The number of anilines is 1. The number of carboxylic acids is 1. The summed E-state index contributed by atoms with van der Waals surface area (Å²) in [6, 6.07) is 1.66. The molecule has 18 heavy (non-hydrogen) atoms. The Morgan fingerprint density at radius 2 is 2.00 bits per heavy atom. The van der Waals surface area contributed by atoms with Crippen molar-refractivity contribution in [2.75, 3.05) is 16.8 Å². The summed E-state index contributed by atoms with van der Waals surface area (Å²) in [5, 5.41) is 10.6. The lowest BCUT2D eigenvalue weighted by atomic mass is 10.3. The lowest BCUT2D eigenvalue weighted by Gasteiger charge is -2.08. The van der Waals surface area contributed by atoms with Crippen LogP contribution in [0.15, 0.2) is 16.6 Å².